The van der Waals surface area contributed by atoms with Gasteiger partial charge < -0.3 is 5.73 Å². The quantitative estimate of drug-likeness (QED) is 0.861. The topological polar surface area (TPSA) is 29.3 Å². The number of nitrogens with zero attached hydrogens (tertiary/aromatic N) is 1. The Hall–Kier alpha value is -0.0900. The van der Waals surface area contributed by atoms with Crippen molar-refractivity contribution in [1.82, 2.24) is 4.90 Å². The van der Waals surface area contributed by atoms with Crippen LogP contribution in [0.25, 0.3) is 0 Å². The van der Waals surface area contributed by atoms with E-state index in [2.05, 4.69) is 11.9 Å². The van der Waals surface area contributed by atoms with Crippen LogP contribution in [-0.4, -0.2) is 24.5 Å². The minimum absolute atomic E-state index is 0.347. The van der Waals surface area contributed by atoms with Gasteiger partial charge >= 0.3 is 0 Å². The molecule has 0 bridgehead atoms. The summed E-state index contributed by atoms with van der Waals surface area (Å²) in [6.45, 7) is 0.670. The van der Waals surface area contributed by atoms with E-state index >= 15 is 0 Å². The zero-order valence-electron chi connectivity index (χ0n) is 8.24. The fraction of sp³-hybridized carbons (Fsp3) is 0.600. The number of nitrogens with two attached hydrogens (primary N) is 1. The summed E-state index contributed by atoms with van der Waals surface area (Å²) >= 11 is 7.61. The normalized spacial score (nSPS) is 18.9. The van der Waals surface area contributed by atoms with Gasteiger partial charge in [0.1, 0.15) is 0 Å². The van der Waals surface area contributed by atoms with Gasteiger partial charge in [-0.15, -0.1) is 11.3 Å². The van der Waals surface area contributed by atoms with Crippen LogP contribution in [0, 0.1) is 0 Å². The van der Waals surface area contributed by atoms with Gasteiger partial charge in [-0.3, -0.25) is 4.90 Å². The Morgan fingerprint density at radius 3 is 2.86 bits per heavy atom. The monoisotopic (exact) mass is 230 g/mol. The molecule has 1 atom stereocenters. The van der Waals surface area contributed by atoms with Gasteiger partial charge in [0.15, 0.2) is 0 Å². The molecule has 1 aliphatic carbocycles. The lowest BCUT2D eigenvalue weighted by molar-refractivity contribution is 0.243. The van der Waals surface area contributed by atoms with Crippen LogP contribution in [0.5, 0.6) is 0 Å². The molecular weight excluding hydrogens is 216 g/mol. The van der Waals surface area contributed by atoms with Crippen molar-refractivity contribution in [1.29, 1.82) is 0 Å². The molecule has 1 saturated carbocycles. The standard InChI is InChI=1S/C10H15ClN2S/c1-13(8-2-3-8)9(5-12)10-4-7(11)6-14-10/h4,6,8-9H,2-3,5,12H2,1H3. The van der Waals surface area contributed by atoms with Crippen molar-refractivity contribution in [2.45, 2.75) is 24.9 Å². The van der Waals surface area contributed by atoms with Crippen molar-refractivity contribution in [2.75, 3.05) is 13.6 Å². The van der Waals surface area contributed by atoms with Crippen LogP contribution in [0.1, 0.15) is 23.8 Å². The van der Waals surface area contributed by atoms with Crippen molar-refractivity contribution < 1.29 is 0 Å². The van der Waals surface area contributed by atoms with E-state index in [0.29, 0.717) is 12.6 Å². The summed E-state index contributed by atoms with van der Waals surface area (Å²) in [5.74, 6) is 0. The lowest BCUT2D eigenvalue weighted by atomic mass is 10.2. The van der Waals surface area contributed by atoms with E-state index in [0.717, 1.165) is 11.1 Å². The molecule has 2 N–H and O–H groups in total. The van der Waals surface area contributed by atoms with Crippen LogP contribution in [-0.2, 0) is 0 Å². The Kier molecular flexibility index (Phi) is 3.12. The Labute approximate surface area is 93.7 Å². The number of hydrogen-bond acceptors (Lipinski definition) is 3. The van der Waals surface area contributed by atoms with Gasteiger partial charge in [-0.2, -0.15) is 0 Å². The highest BCUT2D eigenvalue weighted by molar-refractivity contribution is 7.10. The van der Waals surface area contributed by atoms with Crippen molar-refractivity contribution in [3.63, 3.8) is 0 Å². The summed E-state index contributed by atoms with van der Waals surface area (Å²) in [4.78, 5) is 3.66. The lowest BCUT2D eigenvalue weighted by Crippen LogP contribution is -2.31. The molecule has 0 aliphatic heterocycles. The van der Waals surface area contributed by atoms with Crippen molar-refractivity contribution in [3.05, 3.63) is 21.3 Å². The summed E-state index contributed by atoms with van der Waals surface area (Å²) < 4.78 is 0. The van der Waals surface area contributed by atoms with Gasteiger partial charge in [0.2, 0.25) is 0 Å². The number of hydrogen-bond donors (Lipinski definition) is 1. The first-order valence-electron chi connectivity index (χ1n) is 4.88. The van der Waals surface area contributed by atoms with E-state index in [9.17, 15) is 0 Å². The molecule has 0 aromatic carbocycles. The van der Waals surface area contributed by atoms with Gasteiger partial charge in [-0.25, -0.2) is 0 Å². The third kappa shape index (κ3) is 2.11. The van der Waals surface area contributed by atoms with Gasteiger partial charge in [-0.05, 0) is 26.0 Å². The van der Waals surface area contributed by atoms with Crippen molar-refractivity contribution in [2.24, 2.45) is 5.73 Å². The average molecular weight is 231 g/mol. The summed E-state index contributed by atoms with van der Waals surface area (Å²) in [6.07, 6.45) is 2.62. The molecule has 14 heavy (non-hydrogen) atoms. The van der Waals surface area contributed by atoms with Gasteiger partial charge in [0, 0.05) is 22.8 Å². The van der Waals surface area contributed by atoms with Crippen LogP contribution in [0.4, 0.5) is 0 Å². The molecule has 1 heterocycles. The third-order valence-electron chi connectivity index (χ3n) is 2.75. The average Bonchev–Trinajstić information content (AvgIpc) is 2.92. The van der Waals surface area contributed by atoms with Gasteiger partial charge in [0.25, 0.3) is 0 Å². The minimum Gasteiger partial charge on any atom is -0.329 e. The Bertz CT molecular complexity index is 309. The zero-order valence-corrected chi connectivity index (χ0v) is 9.81. The van der Waals surface area contributed by atoms with Crippen LogP contribution in [0.15, 0.2) is 11.4 Å². The molecule has 1 aliphatic rings. The fourth-order valence-corrected chi connectivity index (χ4v) is 2.97. The van der Waals surface area contributed by atoms with Gasteiger partial charge in [-0.1, -0.05) is 11.6 Å². The highest BCUT2D eigenvalue weighted by Gasteiger charge is 2.31. The van der Waals surface area contributed by atoms with Gasteiger partial charge in [0.05, 0.1) is 11.1 Å². The second-order valence-electron chi connectivity index (χ2n) is 3.82. The molecule has 0 spiro atoms. The van der Waals surface area contributed by atoms with E-state index in [1.807, 2.05) is 11.4 Å². The highest BCUT2D eigenvalue weighted by atomic mass is 35.5. The maximum Gasteiger partial charge on any atom is 0.0564 e. The molecule has 2 rings (SSSR count). The Morgan fingerprint density at radius 2 is 2.43 bits per heavy atom. The molecule has 0 saturated heterocycles. The second-order valence-corrected chi connectivity index (χ2v) is 5.19. The van der Waals surface area contributed by atoms with Crippen molar-refractivity contribution in [3.8, 4) is 0 Å². The Morgan fingerprint density at radius 1 is 1.71 bits per heavy atom. The first-order valence-corrected chi connectivity index (χ1v) is 6.14. The molecular formula is C10H15ClN2S. The molecule has 4 heteroatoms. The van der Waals surface area contributed by atoms with E-state index in [1.54, 1.807) is 11.3 Å². The maximum atomic E-state index is 5.91. The molecule has 2 nitrogen and oxygen atoms in total. The Balaban J connectivity index is 2.11. The molecule has 0 amide bonds. The largest absolute Gasteiger partial charge is 0.329 e. The van der Waals surface area contributed by atoms with E-state index in [4.69, 9.17) is 17.3 Å². The van der Waals surface area contributed by atoms with Crippen molar-refractivity contribution >= 4 is 22.9 Å². The van der Waals surface area contributed by atoms with E-state index in [-0.39, 0.29) is 0 Å². The fourth-order valence-electron chi connectivity index (χ4n) is 1.72. The van der Waals surface area contributed by atoms with Crippen LogP contribution in [0.3, 0.4) is 0 Å². The second kappa shape index (κ2) is 4.19. The van der Waals surface area contributed by atoms with Crippen LogP contribution in [0.2, 0.25) is 5.02 Å². The minimum atomic E-state index is 0.347. The van der Waals surface area contributed by atoms with E-state index < -0.39 is 0 Å². The van der Waals surface area contributed by atoms with Crippen LogP contribution < -0.4 is 5.73 Å². The SMILES string of the molecule is CN(C1CC1)C(CN)c1cc(Cl)cs1. The summed E-state index contributed by atoms with van der Waals surface area (Å²) in [5, 5.41) is 2.80. The summed E-state index contributed by atoms with van der Waals surface area (Å²) in [7, 11) is 2.16. The molecule has 1 unspecified atom stereocenters. The van der Waals surface area contributed by atoms with Crippen LogP contribution >= 0.6 is 22.9 Å². The predicted molar refractivity (Wildman–Crippen MR) is 61.9 cm³/mol. The molecule has 1 aromatic rings. The summed E-state index contributed by atoms with van der Waals surface area (Å²) in [6, 6.07) is 3.12. The number of thiophene rings is 1. The highest BCUT2D eigenvalue weighted by Crippen LogP contribution is 2.35. The number of likely N-dealkylation sites (N-methyl/N-ethyl adjacent to an activating group) is 1. The first-order chi connectivity index (χ1) is 6.72. The lowest BCUT2D eigenvalue weighted by Gasteiger charge is -2.25. The molecule has 78 valence electrons. The molecule has 0 radical (unpaired) electrons. The summed E-state index contributed by atoms with van der Waals surface area (Å²) in [5.41, 5.74) is 5.80. The third-order valence-corrected chi connectivity index (χ3v) is 4.14. The zero-order chi connectivity index (χ0) is 10.1. The number of rotatable bonds is 4. The smallest absolute Gasteiger partial charge is 0.0564 e. The molecule has 1 aromatic heterocycles. The maximum absolute atomic E-state index is 5.91. The molecule has 1 fully saturated rings. The van der Waals surface area contributed by atoms with E-state index in [1.165, 1.54) is 17.7 Å². The number of halogens is 1. The predicted octanol–water partition coefficient (Wildman–Crippen LogP) is 2.50. The first kappa shape index (κ1) is 10.4.